The molecule has 0 saturated heterocycles. The topological polar surface area (TPSA) is 23.6 Å². The van der Waals surface area contributed by atoms with Gasteiger partial charge in [0.05, 0.1) is 11.4 Å². The van der Waals surface area contributed by atoms with Crippen molar-refractivity contribution in [2.75, 3.05) is 22.9 Å². The number of para-hydroxylation sites is 2. The van der Waals surface area contributed by atoms with E-state index in [4.69, 9.17) is 0 Å². The lowest BCUT2D eigenvalue weighted by molar-refractivity contribution is -0.114. The summed E-state index contributed by atoms with van der Waals surface area (Å²) in [5.41, 5.74) is 5.50. The Labute approximate surface area is 172 Å². The molecule has 1 amide bonds. The van der Waals surface area contributed by atoms with E-state index >= 15 is 0 Å². The number of hydrogen-bond acceptors (Lipinski definition) is 2. The van der Waals surface area contributed by atoms with Crippen molar-refractivity contribution in [3.05, 3.63) is 90.5 Å². The molecule has 0 fully saturated rings. The average Bonchev–Trinajstić information content (AvgIpc) is 2.78. The molecule has 0 saturated carbocycles. The molecule has 1 atom stereocenters. The molecule has 1 aliphatic heterocycles. The smallest absolute Gasteiger partial charge is 0.251 e. The molecule has 0 bridgehead atoms. The third-order valence-corrected chi connectivity index (χ3v) is 5.50. The molecule has 4 rings (SSSR count). The third kappa shape index (κ3) is 3.95. The fourth-order valence-electron chi connectivity index (χ4n) is 4.00. The zero-order chi connectivity index (χ0) is 20.2. The lowest BCUT2D eigenvalue weighted by atomic mass is 10.0. The van der Waals surface area contributed by atoms with Gasteiger partial charge in [0.1, 0.15) is 0 Å². The van der Waals surface area contributed by atoms with E-state index in [2.05, 4.69) is 61.2 Å². The molecule has 0 spiro atoms. The third-order valence-electron chi connectivity index (χ3n) is 5.50. The summed E-state index contributed by atoms with van der Waals surface area (Å²) in [6.45, 7) is 5.96. The Morgan fingerprint density at radius 3 is 2.21 bits per heavy atom. The number of nitrogens with zero attached hydrogens (tertiary/aromatic N) is 2. The number of rotatable bonds is 4. The Morgan fingerprint density at radius 2 is 1.52 bits per heavy atom. The summed E-state index contributed by atoms with van der Waals surface area (Å²) >= 11 is 0. The molecule has 3 heteroatoms. The Bertz CT molecular complexity index is 1010. The molecule has 0 aromatic heterocycles. The Morgan fingerprint density at radius 1 is 0.897 bits per heavy atom. The van der Waals surface area contributed by atoms with Gasteiger partial charge in [0.2, 0.25) is 0 Å². The van der Waals surface area contributed by atoms with Crippen LogP contribution in [0.4, 0.5) is 11.4 Å². The van der Waals surface area contributed by atoms with Crippen molar-refractivity contribution in [1.29, 1.82) is 0 Å². The molecule has 0 radical (unpaired) electrons. The first kappa shape index (κ1) is 19.0. The van der Waals surface area contributed by atoms with Crippen molar-refractivity contribution in [3.63, 3.8) is 0 Å². The van der Waals surface area contributed by atoms with Crippen LogP contribution in [0.15, 0.2) is 84.9 Å². The van der Waals surface area contributed by atoms with E-state index < -0.39 is 0 Å². The zero-order valence-corrected chi connectivity index (χ0v) is 17.0. The van der Waals surface area contributed by atoms with Crippen molar-refractivity contribution in [1.82, 2.24) is 0 Å². The van der Waals surface area contributed by atoms with Crippen LogP contribution in [0.3, 0.4) is 0 Å². The molecule has 1 heterocycles. The van der Waals surface area contributed by atoms with Crippen LogP contribution in [0.5, 0.6) is 0 Å². The number of hydrogen-bond donors (Lipinski definition) is 0. The first-order valence-electron chi connectivity index (χ1n) is 10.2. The van der Waals surface area contributed by atoms with Gasteiger partial charge in [-0.15, -0.1) is 0 Å². The minimum atomic E-state index is 0.0205. The second kappa shape index (κ2) is 8.36. The van der Waals surface area contributed by atoms with Gasteiger partial charge in [0, 0.05) is 25.2 Å². The second-order valence-corrected chi connectivity index (χ2v) is 7.39. The SMILES string of the molecule is CCN1c2ccccc2N(C(=O)/C=C/c2ccc(-c3ccccc3)cc2)CC1C. The van der Waals surface area contributed by atoms with Crippen molar-refractivity contribution in [2.45, 2.75) is 19.9 Å². The molecule has 1 aliphatic rings. The molecule has 0 N–H and O–H groups in total. The number of carbonyl (C=O) groups excluding carboxylic acids is 1. The van der Waals surface area contributed by atoms with Crippen LogP contribution >= 0.6 is 0 Å². The van der Waals surface area contributed by atoms with E-state index in [9.17, 15) is 4.79 Å². The van der Waals surface area contributed by atoms with Gasteiger partial charge in [-0.2, -0.15) is 0 Å². The van der Waals surface area contributed by atoms with E-state index in [0.29, 0.717) is 6.54 Å². The van der Waals surface area contributed by atoms with Gasteiger partial charge in [-0.3, -0.25) is 4.79 Å². The molecular formula is C26H26N2O. The summed E-state index contributed by atoms with van der Waals surface area (Å²) in [6, 6.07) is 27.0. The maximum absolute atomic E-state index is 13.0. The van der Waals surface area contributed by atoms with Gasteiger partial charge in [-0.25, -0.2) is 0 Å². The number of fused-ring (bicyclic) bond motifs is 1. The summed E-state index contributed by atoms with van der Waals surface area (Å²) in [7, 11) is 0. The van der Waals surface area contributed by atoms with E-state index in [-0.39, 0.29) is 11.9 Å². The van der Waals surface area contributed by atoms with E-state index in [0.717, 1.165) is 23.5 Å². The average molecular weight is 383 g/mol. The van der Waals surface area contributed by atoms with Gasteiger partial charge >= 0.3 is 0 Å². The predicted octanol–water partition coefficient (Wildman–Crippen LogP) is 5.63. The Hall–Kier alpha value is -3.33. The molecule has 29 heavy (non-hydrogen) atoms. The van der Waals surface area contributed by atoms with E-state index in [1.165, 1.54) is 11.1 Å². The maximum Gasteiger partial charge on any atom is 0.251 e. The molecule has 146 valence electrons. The standard InChI is InChI=1S/C26H26N2O/c1-3-27-20(2)19-28(25-12-8-7-11-24(25)27)26(29)18-15-21-13-16-23(17-14-21)22-9-5-4-6-10-22/h4-18,20H,3,19H2,1-2H3/b18-15+. The molecule has 3 nitrogen and oxygen atoms in total. The number of benzene rings is 3. The maximum atomic E-state index is 13.0. The minimum Gasteiger partial charge on any atom is -0.366 e. The van der Waals surface area contributed by atoms with Crippen LogP contribution in [0.2, 0.25) is 0 Å². The fourth-order valence-corrected chi connectivity index (χ4v) is 4.00. The van der Waals surface area contributed by atoms with Crippen molar-refractivity contribution < 1.29 is 4.79 Å². The summed E-state index contributed by atoms with van der Waals surface area (Å²) in [6.07, 6.45) is 3.58. The minimum absolute atomic E-state index is 0.0205. The monoisotopic (exact) mass is 382 g/mol. The van der Waals surface area contributed by atoms with Crippen LogP contribution < -0.4 is 9.80 Å². The zero-order valence-electron chi connectivity index (χ0n) is 17.0. The Balaban J connectivity index is 1.53. The highest BCUT2D eigenvalue weighted by Crippen LogP contribution is 2.35. The van der Waals surface area contributed by atoms with Gasteiger partial charge in [0.15, 0.2) is 0 Å². The van der Waals surface area contributed by atoms with E-state index in [1.54, 1.807) is 6.08 Å². The number of anilines is 2. The van der Waals surface area contributed by atoms with Crippen LogP contribution in [0, 0.1) is 0 Å². The summed E-state index contributed by atoms with van der Waals surface area (Å²) in [5.74, 6) is 0.0205. The summed E-state index contributed by atoms with van der Waals surface area (Å²) in [4.78, 5) is 17.2. The van der Waals surface area contributed by atoms with Gasteiger partial charge in [0.25, 0.3) is 5.91 Å². The van der Waals surface area contributed by atoms with Crippen LogP contribution in [0.25, 0.3) is 17.2 Å². The Kier molecular flexibility index (Phi) is 5.48. The number of amides is 1. The van der Waals surface area contributed by atoms with Crippen molar-refractivity contribution >= 4 is 23.4 Å². The van der Waals surface area contributed by atoms with Gasteiger partial charge in [-0.1, -0.05) is 66.7 Å². The van der Waals surface area contributed by atoms with Crippen molar-refractivity contribution in [3.8, 4) is 11.1 Å². The first-order chi connectivity index (χ1) is 14.2. The highest BCUT2D eigenvalue weighted by atomic mass is 16.2. The normalized spacial score (nSPS) is 16.1. The van der Waals surface area contributed by atoms with Gasteiger partial charge in [-0.05, 0) is 48.7 Å². The van der Waals surface area contributed by atoms with Crippen LogP contribution in [-0.2, 0) is 4.79 Å². The van der Waals surface area contributed by atoms with Crippen LogP contribution in [0.1, 0.15) is 19.4 Å². The quantitative estimate of drug-likeness (QED) is 0.546. The van der Waals surface area contributed by atoms with E-state index in [1.807, 2.05) is 47.4 Å². The summed E-state index contributed by atoms with van der Waals surface area (Å²) < 4.78 is 0. The molecule has 1 unspecified atom stereocenters. The van der Waals surface area contributed by atoms with Crippen molar-refractivity contribution in [2.24, 2.45) is 0 Å². The lowest BCUT2D eigenvalue weighted by Crippen LogP contribution is -2.49. The largest absolute Gasteiger partial charge is 0.366 e. The first-order valence-corrected chi connectivity index (χ1v) is 10.2. The fraction of sp³-hybridized carbons (Fsp3) is 0.192. The van der Waals surface area contributed by atoms with Crippen LogP contribution in [-0.4, -0.2) is 25.0 Å². The lowest BCUT2D eigenvalue weighted by Gasteiger charge is -2.41. The number of carbonyl (C=O) groups is 1. The molecule has 3 aromatic carbocycles. The molecule has 0 aliphatic carbocycles. The van der Waals surface area contributed by atoms with Gasteiger partial charge < -0.3 is 9.80 Å². The summed E-state index contributed by atoms with van der Waals surface area (Å²) in [5, 5.41) is 0. The second-order valence-electron chi connectivity index (χ2n) is 7.39. The highest BCUT2D eigenvalue weighted by molar-refractivity contribution is 6.06. The highest BCUT2D eigenvalue weighted by Gasteiger charge is 2.29. The number of likely N-dealkylation sites (N-methyl/N-ethyl adjacent to an activating group) is 1. The molecular weight excluding hydrogens is 356 g/mol. The molecule has 3 aromatic rings. The predicted molar refractivity (Wildman–Crippen MR) is 122 cm³/mol.